The Morgan fingerprint density at radius 1 is 1.50 bits per heavy atom. The highest BCUT2D eigenvalue weighted by atomic mass is 16.5. The van der Waals surface area contributed by atoms with Gasteiger partial charge in [-0.2, -0.15) is 0 Å². The smallest absolute Gasteiger partial charge is 0.145 e. The molecule has 1 rings (SSSR count). The fourth-order valence-electron chi connectivity index (χ4n) is 1.53. The highest BCUT2D eigenvalue weighted by molar-refractivity contribution is 5.59. The highest BCUT2D eigenvalue weighted by Crippen LogP contribution is 2.32. The molecular weight excluding hydrogens is 178 g/mol. The van der Waals surface area contributed by atoms with Crippen LogP contribution in [-0.4, -0.2) is 18.8 Å². The Morgan fingerprint density at radius 3 is 2.64 bits per heavy atom. The van der Waals surface area contributed by atoms with E-state index in [0.717, 1.165) is 11.1 Å². The molecule has 0 heterocycles. The molecule has 0 aliphatic rings. The second kappa shape index (κ2) is 4.33. The van der Waals surface area contributed by atoms with Crippen molar-refractivity contribution in [2.45, 2.75) is 19.8 Å². The molecule has 1 atom stereocenters. The molecule has 1 aromatic rings. The number of rotatable bonds is 3. The number of nitrogen functional groups attached to an aromatic ring is 1. The van der Waals surface area contributed by atoms with Crippen molar-refractivity contribution >= 4 is 5.69 Å². The maximum Gasteiger partial charge on any atom is 0.145 e. The lowest BCUT2D eigenvalue weighted by atomic mass is 9.98. The van der Waals surface area contributed by atoms with Gasteiger partial charge in [0, 0.05) is 18.1 Å². The van der Waals surface area contributed by atoms with Crippen molar-refractivity contribution in [3.63, 3.8) is 0 Å². The lowest BCUT2D eigenvalue weighted by molar-refractivity contribution is 0.270. The van der Waals surface area contributed by atoms with Gasteiger partial charge in [0.2, 0.25) is 0 Å². The van der Waals surface area contributed by atoms with Gasteiger partial charge in [-0.05, 0) is 18.6 Å². The van der Waals surface area contributed by atoms with E-state index in [4.69, 9.17) is 15.6 Å². The van der Waals surface area contributed by atoms with Crippen molar-refractivity contribution in [1.82, 2.24) is 0 Å². The van der Waals surface area contributed by atoms with Gasteiger partial charge in [-0.1, -0.05) is 13.0 Å². The molecule has 0 bridgehead atoms. The van der Waals surface area contributed by atoms with Crippen LogP contribution in [0, 0.1) is 6.92 Å². The molecule has 3 heteroatoms. The first-order valence-corrected chi connectivity index (χ1v) is 4.65. The largest absolute Gasteiger partial charge is 0.494 e. The van der Waals surface area contributed by atoms with E-state index in [0.29, 0.717) is 11.4 Å². The van der Waals surface area contributed by atoms with Crippen LogP contribution in [0.3, 0.4) is 0 Å². The van der Waals surface area contributed by atoms with E-state index in [9.17, 15) is 0 Å². The molecular formula is C11H17NO2. The van der Waals surface area contributed by atoms with Gasteiger partial charge in [0.1, 0.15) is 5.75 Å². The number of ether oxygens (including phenoxy) is 1. The Labute approximate surface area is 84.5 Å². The van der Waals surface area contributed by atoms with Crippen LogP contribution in [0.1, 0.15) is 24.0 Å². The monoisotopic (exact) mass is 195 g/mol. The Kier molecular flexibility index (Phi) is 3.36. The van der Waals surface area contributed by atoms with Crippen LogP contribution in [-0.2, 0) is 0 Å². The van der Waals surface area contributed by atoms with Crippen LogP contribution >= 0.6 is 0 Å². The fraction of sp³-hybridized carbons (Fsp3) is 0.455. The highest BCUT2D eigenvalue weighted by Gasteiger charge is 2.13. The predicted molar refractivity (Wildman–Crippen MR) is 57.6 cm³/mol. The van der Waals surface area contributed by atoms with Gasteiger partial charge >= 0.3 is 0 Å². The molecule has 3 nitrogen and oxygen atoms in total. The number of aliphatic hydroxyl groups excluding tert-OH is 1. The second-order valence-electron chi connectivity index (χ2n) is 3.56. The third kappa shape index (κ3) is 1.99. The quantitative estimate of drug-likeness (QED) is 0.721. The van der Waals surface area contributed by atoms with Gasteiger partial charge in [0.15, 0.2) is 0 Å². The molecule has 0 radical (unpaired) electrons. The minimum atomic E-state index is 0.0483. The van der Waals surface area contributed by atoms with E-state index in [1.165, 1.54) is 0 Å². The van der Waals surface area contributed by atoms with Crippen molar-refractivity contribution in [2.24, 2.45) is 0 Å². The standard InChI is InChI=1S/C11H17NO2/c1-7-4-9(8(2)6-13)11(14-3)10(12)5-7/h4-5,8,13H,6,12H2,1-3H3. The molecule has 78 valence electrons. The third-order valence-electron chi connectivity index (χ3n) is 2.30. The molecule has 1 aromatic carbocycles. The van der Waals surface area contributed by atoms with Crippen LogP contribution in [0.15, 0.2) is 12.1 Å². The van der Waals surface area contributed by atoms with Crippen LogP contribution in [0.2, 0.25) is 0 Å². The summed E-state index contributed by atoms with van der Waals surface area (Å²) in [4.78, 5) is 0. The van der Waals surface area contributed by atoms with Crippen LogP contribution in [0.4, 0.5) is 5.69 Å². The van der Waals surface area contributed by atoms with Gasteiger partial charge < -0.3 is 15.6 Å². The van der Waals surface area contributed by atoms with E-state index in [-0.39, 0.29) is 12.5 Å². The molecule has 14 heavy (non-hydrogen) atoms. The molecule has 0 saturated heterocycles. The molecule has 0 spiro atoms. The first-order chi connectivity index (χ1) is 6.60. The minimum absolute atomic E-state index is 0.0483. The summed E-state index contributed by atoms with van der Waals surface area (Å²) in [6.07, 6.45) is 0. The summed E-state index contributed by atoms with van der Waals surface area (Å²) < 4.78 is 5.22. The summed E-state index contributed by atoms with van der Waals surface area (Å²) in [5, 5.41) is 9.09. The van der Waals surface area contributed by atoms with Gasteiger partial charge in [0.25, 0.3) is 0 Å². The summed E-state index contributed by atoms with van der Waals surface area (Å²) in [7, 11) is 1.59. The first kappa shape index (κ1) is 10.9. The molecule has 0 aliphatic carbocycles. The Morgan fingerprint density at radius 2 is 2.14 bits per heavy atom. The lowest BCUT2D eigenvalue weighted by Crippen LogP contribution is -2.04. The molecule has 0 fully saturated rings. The zero-order chi connectivity index (χ0) is 10.7. The normalized spacial score (nSPS) is 12.6. The average molecular weight is 195 g/mol. The SMILES string of the molecule is COc1c(N)cc(C)cc1C(C)CO. The number of aliphatic hydroxyl groups is 1. The number of benzene rings is 1. The zero-order valence-corrected chi connectivity index (χ0v) is 8.87. The first-order valence-electron chi connectivity index (χ1n) is 4.65. The second-order valence-corrected chi connectivity index (χ2v) is 3.56. The minimum Gasteiger partial charge on any atom is -0.494 e. The van der Waals surface area contributed by atoms with Gasteiger partial charge in [-0.15, -0.1) is 0 Å². The van der Waals surface area contributed by atoms with E-state index >= 15 is 0 Å². The topological polar surface area (TPSA) is 55.5 Å². The van der Waals surface area contributed by atoms with Crippen molar-refractivity contribution in [3.8, 4) is 5.75 Å². The van der Waals surface area contributed by atoms with Crippen molar-refractivity contribution in [2.75, 3.05) is 19.5 Å². The molecule has 0 amide bonds. The number of anilines is 1. The summed E-state index contributed by atoms with van der Waals surface area (Å²) in [5.41, 5.74) is 8.49. The lowest BCUT2D eigenvalue weighted by Gasteiger charge is -2.16. The fourth-order valence-corrected chi connectivity index (χ4v) is 1.53. The number of hydrogen-bond donors (Lipinski definition) is 2. The average Bonchev–Trinajstić information content (AvgIpc) is 2.15. The van der Waals surface area contributed by atoms with Crippen LogP contribution in [0.25, 0.3) is 0 Å². The van der Waals surface area contributed by atoms with Crippen LogP contribution < -0.4 is 10.5 Å². The van der Waals surface area contributed by atoms with Gasteiger partial charge in [0.05, 0.1) is 12.8 Å². The van der Waals surface area contributed by atoms with E-state index < -0.39 is 0 Å². The third-order valence-corrected chi connectivity index (χ3v) is 2.30. The van der Waals surface area contributed by atoms with Crippen molar-refractivity contribution < 1.29 is 9.84 Å². The van der Waals surface area contributed by atoms with E-state index in [1.807, 2.05) is 26.0 Å². The number of methoxy groups -OCH3 is 1. The molecule has 0 aliphatic heterocycles. The number of aryl methyl sites for hydroxylation is 1. The van der Waals surface area contributed by atoms with Crippen molar-refractivity contribution in [1.29, 1.82) is 0 Å². The summed E-state index contributed by atoms with van der Waals surface area (Å²) in [6.45, 7) is 4.01. The number of nitrogens with two attached hydrogens (primary N) is 1. The van der Waals surface area contributed by atoms with Crippen molar-refractivity contribution in [3.05, 3.63) is 23.3 Å². The summed E-state index contributed by atoms with van der Waals surface area (Å²) >= 11 is 0. The Hall–Kier alpha value is -1.22. The summed E-state index contributed by atoms with van der Waals surface area (Å²) in [5.74, 6) is 0.726. The molecule has 3 N–H and O–H groups in total. The van der Waals surface area contributed by atoms with E-state index in [1.54, 1.807) is 7.11 Å². The number of hydrogen-bond acceptors (Lipinski definition) is 3. The maximum atomic E-state index is 9.09. The zero-order valence-electron chi connectivity index (χ0n) is 8.87. The van der Waals surface area contributed by atoms with Gasteiger partial charge in [-0.3, -0.25) is 0 Å². The summed E-state index contributed by atoms with van der Waals surface area (Å²) in [6, 6.07) is 3.86. The molecule has 1 unspecified atom stereocenters. The van der Waals surface area contributed by atoms with Gasteiger partial charge in [-0.25, -0.2) is 0 Å². The Bertz CT molecular complexity index is 323. The van der Waals surface area contributed by atoms with E-state index in [2.05, 4.69) is 0 Å². The molecule has 0 saturated carbocycles. The molecule has 0 aromatic heterocycles. The van der Waals surface area contributed by atoms with Crippen LogP contribution in [0.5, 0.6) is 5.75 Å². The maximum absolute atomic E-state index is 9.09. The predicted octanol–water partition coefficient (Wildman–Crippen LogP) is 1.68. The Balaban J connectivity index is 3.24.